The second kappa shape index (κ2) is 10.4. The van der Waals surface area contributed by atoms with Gasteiger partial charge in [-0.1, -0.05) is 12.1 Å². The van der Waals surface area contributed by atoms with Gasteiger partial charge in [0.1, 0.15) is 18.5 Å². The van der Waals surface area contributed by atoms with Crippen molar-refractivity contribution in [3.63, 3.8) is 0 Å². The van der Waals surface area contributed by atoms with Crippen molar-refractivity contribution in [1.29, 1.82) is 0 Å². The van der Waals surface area contributed by atoms with E-state index in [9.17, 15) is 9.59 Å². The molecular formula is C29H26N4O6. The third-order valence-electron chi connectivity index (χ3n) is 6.49. The van der Waals surface area contributed by atoms with Crippen LogP contribution in [0.2, 0.25) is 0 Å². The lowest BCUT2D eigenvalue weighted by Crippen LogP contribution is -2.40. The summed E-state index contributed by atoms with van der Waals surface area (Å²) < 4.78 is 24.8. The maximum absolute atomic E-state index is 13.3. The number of nitrogens with zero attached hydrogens (tertiary/aromatic N) is 2. The number of aromatic nitrogens is 2. The summed E-state index contributed by atoms with van der Waals surface area (Å²) in [7, 11) is 1.54. The Bertz CT molecular complexity index is 1550. The molecule has 0 spiro atoms. The molecule has 2 aliphatic rings. The molecule has 39 heavy (non-hydrogen) atoms. The molecule has 2 amide bonds. The van der Waals surface area contributed by atoms with Crippen molar-refractivity contribution < 1.29 is 28.5 Å². The standard InChI is InChI=1S/C29H26N4O6/c1-36-23-7-6-19-13-26(23)38-17-27(34)31-14-18-10-20(12-21(11-18)33-9-8-30-28(19)33)29(35)32-15-22-16-37-24-4-2-3-5-25(24)39-22/h2-13,22H,14-17H2,1H3,(H,31,34)(H,32,35). The minimum atomic E-state index is -0.322. The summed E-state index contributed by atoms with van der Waals surface area (Å²) in [5, 5.41) is 5.81. The monoisotopic (exact) mass is 526 g/mol. The van der Waals surface area contributed by atoms with E-state index in [1.807, 2.05) is 47.2 Å². The molecule has 3 aromatic carbocycles. The third kappa shape index (κ3) is 5.08. The van der Waals surface area contributed by atoms with Crippen molar-refractivity contribution in [3.05, 3.63) is 84.2 Å². The Balaban J connectivity index is 1.29. The number of imidazole rings is 1. The maximum Gasteiger partial charge on any atom is 0.258 e. The lowest BCUT2D eigenvalue weighted by atomic mass is 10.1. The number of amides is 2. The average molecular weight is 527 g/mol. The fraction of sp³-hybridized carbons (Fsp3) is 0.207. The quantitative estimate of drug-likeness (QED) is 0.420. The summed E-state index contributed by atoms with van der Waals surface area (Å²) in [6.07, 6.45) is 3.19. The van der Waals surface area contributed by atoms with Crippen LogP contribution in [0.15, 0.2) is 73.1 Å². The van der Waals surface area contributed by atoms with Crippen LogP contribution in [0.25, 0.3) is 17.1 Å². The second-order valence-electron chi connectivity index (χ2n) is 9.15. The van der Waals surface area contributed by atoms with Crippen molar-refractivity contribution in [1.82, 2.24) is 20.2 Å². The van der Waals surface area contributed by atoms with E-state index < -0.39 is 0 Å². The summed E-state index contributed by atoms with van der Waals surface area (Å²) in [5.41, 5.74) is 2.68. The number of fused-ring (bicyclic) bond motifs is 8. The normalized spacial score (nSPS) is 15.8. The van der Waals surface area contributed by atoms with Crippen LogP contribution in [0.5, 0.6) is 23.0 Å². The molecule has 4 aromatic rings. The van der Waals surface area contributed by atoms with E-state index in [-0.39, 0.29) is 37.6 Å². The predicted molar refractivity (Wildman–Crippen MR) is 142 cm³/mol. The van der Waals surface area contributed by atoms with Gasteiger partial charge in [0, 0.05) is 35.8 Å². The molecular weight excluding hydrogens is 500 g/mol. The Morgan fingerprint density at radius 3 is 2.85 bits per heavy atom. The first-order valence-corrected chi connectivity index (χ1v) is 12.5. The molecule has 10 heteroatoms. The van der Waals surface area contributed by atoms with Crippen molar-refractivity contribution in [3.8, 4) is 40.1 Å². The zero-order chi connectivity index (χ0) is 26.8. The van der Waals surface area contributed by atoms with Gasteiger partial charge in [-0.25, -0.2) is 4.98 Å². The molecule has 0 saturated carbocycles. The molecule has 1 unspecified atom stereocenters. The van der Waals surface area contributed by atoms with Crippen LogP contribution >= 0.6 is 0 Å². The first-order valence-electron chi connectivity index (χ1n) is 12.5. The Labute approximate surface area is 224 Å². The zero-order valence-electron chi connectivity index (χ0n) is 21.2. The number of hydrogen-bond donors (Lipinski definition) is 2. The number of para-hydroxylation sites is 2. The van der Waals surface area contributed by atoms with Crippen LogP contribution in [0.4, 0.5) is 0 Å². The van der Waals surface area contributed by atoms with Gasteiger partial charge in [-0.2, -0.15) is 0 Å². The highest BCUT2D eigenvalue weighted by atomic mass is 16.6. The number of carbonyl (C=O) groups is 2. The molecule has 2 N–H and O–H groups in total. The lowest BCUT2D eigenvalue weighted by Gasteiger charge is -2.26. The van der Waals surface area contributed by atoms with Crippen LogP contribution in [0.3, 0.4) is 0 Å². The summed E-state index contributed by atoms with van der Waals surface area (Å²) in [5.74, 6) is 2.36. The van der Waals surface area contributed by atoms with Crippen LogP contribution < -0.4 is 29.6 Å². The van der Waals surface area contributed by atoms with E-state index in [4.69, 9.17) is 18.9 Å². The third-order valence-corrected chi connectivity index (χ3v) is 6.49. The van der Waals surface area contributed by atoms with Crippen LogP contribution in [-0.2, 0) is 11.3 Å². The molecule has 0 radical (unpaired) electrons. The topological polar surface area (TPSA) is 113 Å². The highest BCUT2D eigenvalue weighted by Gasteiger charge is 2.22. The molecule has 198 valence electrons. The average Bonchev–Trinajstić information content (AvgIpc) is 3.47. The van der Waals surface area contributed by atoms with E-state index in [0.29, 0.717) is 41.0 Å². The van der Waals surface area contributed by atoms with Gasteiger partial charge in [0.2, 0.25) is 0 Å². The number of benzene rings is 3. The number of rotatable bonds is 4. The van der Waals surface area contributed by atoms with E-state index in [1.54, 1.807) is 37.6 Å². The molecule has 1 aromatic heterocycles. The fourth-order valence-electron chi connectivity index (χ4n) is 4.57. The molecule has 0 saturated heterocycles. The number of hydrogen-bond acceptors (Lipinski definition) is 7. The van der Waals surface area contributed by atoms with Crippen LogP contribution in [0, 0.1) is 0 Å². The highest BCUT2D eigenvalue weighted by molar-refractivity contribution is 5.95. The van der Waals surface area contributed by atoms with Gasteiger partial charge >= 0.3 is 0 Å². The second-order valence-corrected chi connectivity index (χ2v) is 9.15. The van der Waals surface area contributed by atoms with Gasteiger partial charge in [-0.05, 0) is 54.1 Å². The van der Waals surface area contributed by atoms with E-state index in [0.717, 1.165) is 16.8 Å². The SMILES string of the molecule is COc1ccc2cc1OCC(=O)NCc1cc(C(=O)NCC3COc4ccccc4O3)cc(c1)-n1ccnc1-2. The van der Waals surface area contributed by atoms with E-state index >= 15 is 0 Å². The van der Waals surface area contributed by atoms with Gasteiger partial charge in [-0.15, -0.1) is 0 Å². The predicted octanol–water partition coefficient (Wildman–Crippen LogP) is 3.13. The fourth-order valence-corrected chi connectivity index (χ4v) is 4.57. The zero-order valence-corrected chi connectivity index (χ0v) is 21.2. The molecule has 3 heterocycles. The molecule has 10 nitrogen and oxygen atoms in total. The van der Waals surface area contributed by atoms with Crippen molar-refractivity contribution in [2.75, 3.05) is 26.9 Å². The minimum Gasteiger partial charge on any atom is -0.493 e. The summed E-state index contributed by atoms with van der Waals surface area (Å²) in [6.45, 7) is 0.629. The van der Waals surface area contributed by atoms with Gasteiger partial charge in [-0.3, -0.25) is 14.2 Å². The smallest absolute Gasteiger partial charge is 0.258 e. The first-order chi connectivity index (χ1) is 19.1. The van der Waals surface area contributed by atoms with Gasteiger partial charge < -0.3 is 29.6 Å². The van der Waals surface area contributed by atoms with Crippen LogP contribution in [-0.4, -0.2) is 54.3 Å². The van der Waals surface area contributed by atoms with Crippen LogP contribution in [0.1, 0.15) is 15.9 Å². The van der Waals surface area contributed by atoms with Gasteiger partial charge in [0.25, 0.3) is 11.8 Å². The number of nitrogens with one attached hydrogen (secondary N) is 2. The maximum atomic E-state index is 13.3. The summed E-state index contributed by atoms with van der Waals surface area (Å²) in [6, 6.07) is 18.3. The largest absolute Gasteiger partial charge is 0.493 e. The van der Waals surface area contributed by atoms with Crippen molar-refractivity contribution in [2.24, 2.45) is 0 Å². The van der Waals surface area contributed by atoms with E-state index in [1.165, 1.54) is 0 Å². The first kappa shape index (κ1) is 24.4. The summed E-state index contributed by atoms with van der Waals surface area (Å²) >= 11 is 0. The molecule has 4 bridgehead atoms. The van der Waals surface area contributed by atoms with Gasteiger partial charge in [0.05, 0.1) is 13.7 Å². The van der Waals surface area contributed by atoms with Crippen molar-refractivity contribution >= 4 is 11.8 Å². The molecule has 1 atom stereocenters. The molecule has 0 aliphatic carbocycles. The molecule has 2 aliphatic heterocycles. The number of methoxy groups -OCH3 is 1. The Kier molecular flexibility index (Phi) is 6.50. The van der Waals surface area contributed by atoms with E-state index in [2.05, 4.69) is 15.6 Å². The van der Waals surface area contributed by atoms with Crippen molar-refractivity contribution in [2.45, 2.75) is 12.6 Å². The summed E-state index contributed by atoms with van der Waals surface area (Å²) in [4.78, 5) is 30.4. The Morgan fingerprint density at radius 1 is 1.10 bits per heavy atom. The highest BCUT2D eigenvalue weighted by Crippen LogP contribution is 2.33. The Morgan fingerprint density at radius 2 is 1.97 bits per heavy atom. The number of carbonyl (C=O) groups excluding carboxylic acids is 2. The molecule has 6 rings (SSSR count). The minimum absolute atomic E-state index is 0.187. The van der Waals surface area contributed by atoms with Gasteiger partial charge in [0.15, 0.2) is 29.6 Å². The lowest BCUT2D eigenvalue weighted by molar-refractivity contribution is -0.123. The number of ether oxygens (including phenoxy) is 4. The Hall–Kier alpha value is -4.99. The molecule has 0 fully saturated rings.